The Morgan fingerprint density at radius 2 is 1.78 bits per heavy atom. The van der Waals surface area contributed by atoms with E-state index in [1.807, 2.05) is 12.1 Å². The Balaban J connectivity index is 1.57. The summed E-state index contributed by atoms with van der Waals surface area (Å²) in [5.41, 5.74) is 2.97. The SMILES string of the molecule is O=C(O)c1ccc(CN2CCCC(Cc3ccccc3)C2)cc1. The molecule has 1 N–H and O–H groups in total. The maximum Gasteiger partial charge on any atom is 0.335 e. The van der Waals surface area contributed by atoms with Gasteiger partial charge >= 0.3 is 5.97 Å². The van der Waals surface area contributed by atoms with Crippen molar-refractivity contribution in [2.45, 2.75) is 25.8 Å². The maximum atomic E-state index is 10.9. The van der Waals surface area contributed by atoms with Crippen LogP contribution in [0.1, 0.15) is 34.3 Å². The minimum Gasteiger partial charge on any atom is -0.478 e. The molecule has 0 aliphatic carbocycles. The Hall–Kier alpha value is -2.13. The van der Waals surface area contributed by atoms with E-state index in [1.165, 1.54) is 24.0 Å². The minimum atomic E-state index is -0.863. The van der Waals surface area contributed by atoms with Gasteiger partial charge in [-0.15, -0.1) is 0 Å². The van der Waals surface area contributed by atoms with Crippen molar-refractivity contribution in [2.75, 3.05) is 13.1 Å². The monoisotopic (exact) mass is 309 g/mol. The fraction of sp³-hybridized carbons (Fsp3) is 0.350. The van der Waals surface area contributed by atoms with Crippen LogP contribution in [0.15, 0.2) is 54.6 Å². The first-order valence-electron chi connectivity index (χ1n) is 8.29. The minimum absolute atomic E-state index is 0.356. The third-order valence-electron chi connectivity index (χ3n) is 4.58. The van der Waals surface area contributed by atoms with Crippen LogP contribution in [0.4, 0.5) is 0 Å². The number of carboxylic acids is 1. The second-order valence-electron chi connectivity index (χ2n) is 6.44. The first-order valence-corrected chi connectivity index (χ1v) is 8.29. The summed E-state index contributed by atoms with van der Waals surface area (Å²) in [5.74, 6) is -0.151. The van der Waals surface area contributed by atoms with E-state index >= 15 is 0 Å². The van der Waals surface area contributed by atoms with E-state index < -0.39 is 5.97 Å². The number of carbonyl (C=O) groups is 1. The largest absolute Gasteiger partial charge is 0.478 e. The molecule has 1 aliphatic rings. The number of aromatic carboxylic acids is 1. The highest BCUT2D eigenvalue weighted by atomic mass is 16.4. The lowest BCUT2D eigenvalue weighted by molar-refractivity contribution is 0.0697. The van der Waals surface area contributed by atoms with Crippen LogP contribution in [-0.2, 0) is 13.0 Å². The van der Waals surface area contributed by atoms with Gasteiger partial charge in [0.15, 0.2) is 0 Å². The summed E-state index contributed by atoms with van der Waals surface area (Å²) in [6.45, 7) is 3.16. The first-order chi connectivity index (χ1) is 11.2. The fourth-order valence-electron chi connectivity index (χ4n) is 3.42. The van der Waals surface area contributed by atoms with Crippen LogP contribution < -0.4 is 0 Å². The number of rotatable bonds is 5. The van der Waals surface area contributed by atoms with Crippen LogP contribution in [-0.4, -0.2) is 29.1 Å². The second-order valence-corrected chi connectivity index (χ2v) is 6.44. The van der Waals surface area contributed by atoms with Gasteiger partial charge < -0.3 is 5.11 Å². The molecule has 1 aliphatic heterocycles. The standard InChI is InChI=1S/C20H23NO2/c22-20(23)19-10-8-17(9-11-19)14-21-12-4-7-18(15-21)13-16-5-2-1-3-6-16/h1-3,5-6,8-11,18H,4,7,12-15H2,(H,22,23). The molecule has 0 spiro atoms. The van der Waals surface area contributed by atoms with Crippen LogP contribution in [0.5, 0.6) is 0 Å². The number of likely N-dealkylation sites (tertiary alicyclic amines) is 1. The predicted molar refractivity (Wildman–Crippen MR) is 91.5 cm³/mol. The van der Waals surface area contributed by atoms with Crippen LogP contribution in [0.3, 0.4) is 0 Å². The van der Waals surface area contributed by atoms with Gasteiger partial charge in [0.1, 0.15) is 0 Å². The van der Waals surface area contributed by atoms with E-state index in [-0.39, 0.29) is 0 Å². The number of hydrogen-bond acceptors (Lipinski definition) is 2. The van der Waals surface area contributed by atoms with E-state index in [1.54, 1.807) is 12.1 Å². The molecule has 0 amide bonds. The number of carboxylic acid groups (broad SMARTS) is 1. The maximum absolute atomic E-state index is 10.9. The van der Waals surface area contributed by atoms with Crippen molar-refractivity contribution in [1.82, 2.24) is 4.90 Å². The van der Waals surface area contributed by atoms with Gasteiger partial charge in [0.2, 0.25) is 0 Å². The van der Waals surface area contributed by atoms with E-state index in [0.717, 1.165) is 26.1 Å². The van der Waals surface area contributed by atoms with Gasteiger partial charge in [0, 0.05) is 13.1 Å². The Kier molecular flexibility index (Phi) is 5.09. The molecule has 1 fully saturated rings. The van der Waals surface area contributed by atoms with E-state index in [2.05, 4.69) is 35.2 Å². The summed E-state index contributed by atoms with van der Waals surface area (Å²) < 4.78 is 0. The van der Waals surface area contributed by atoms with Crippen LogP contribution in [0, 0.1) is 5.92 Å². The molecule has 1 heterocycles. The Morgan fingerprint density at radius 1 is 1.04 bits per heavy atom. The highest BCUT2D eigenvalue weighted by Crippen LogP contribution is 2.22. The molecule has 0 radical (unpaired) electrons. The first kappa shape index (κ1) is 15.8. The normalized spacial score (nSPS) is 18.7. The van der Waals surface area contributed by atoms with Crippen LogP contribution in [0.2, 0.25) is 0 Å². The van der Waals surface area contributed by atoms with Gasteiger partial charge in [-0.1, -0.05) is 42.5 Å². The summed E-state index contributed by atoms with van der Waals surface area (Å²) in [6, 6.07) is 18.0. The van der Waals surface area contributed by atoms with E-state index in [4.69, 9.17) is 5.11 Å². The summed E-state index contributed by atoms with van der Waals surface area (Å²) >= 11 is 0. The van der Waals surface area contributed by atoms with Gasteiger partial charge in [0.05, 0.1) is 5.56 Å². The lowest BCUT2D eigenvalue weighted by Crippen LogP contribution is -2.35. The average Bonchev–Trinajstić information content (AvgIpc) is 2.57. The van der Waals surface area contributed by atoms with Gasteiger partial charge in [0.25, 0.3) is 0 Å². The molecule has 0 aromatic heterocycles. The number of piperidine rings is 1. The zero-order chi connectivity index (χ0) is 16.1. The molecule has 2 aromatic rings. The van der Waals surface area contributed by atoms with Crippen molar-refractivity contribution in [3.63, 3.8) is 0 Å². The van der Waals surface area contributed by atoms with Crippen molar-refractivity contribution in [1.29, 1.82) is 0 Å². The molecule has 3 rings (SSSR count). The summed E-state index contributed by atoms with van der Waals surface area (Å²) in [7, 11) is 0. The highest BCUT2D eigenvalue weighted by molar-refractivity contribution is 5.87. The molecule has 1 atom stereocenters. The van der Waals surface area contributed by atoms with Crippen molar-refractivity contribution >= 4 is 5.97 Å². The highest BCUT2D eigenvalue weighted by Gasteiger charge is 2.20. The van der Waals surface area contributed by atoms with E-state index in [9.17, 15) is 4.79 Å². The van der Waals surface area contributed by atoms with Crippen molar-refractivity contribution in [3.8, 4) is 0 Å². The lowest BCUT2D eigenvalue weighted by atomic mass is 9.91. The number of benzene rings is 2. The van der Waals surface area contributed by atoms with E-state index in [0.29, 0.717) is 11.5 Å². The smallest absolute Gasteiger partial charge is 0.335 e. The van der Waals surface area contributed by atoms with Crippen molar-refractivity contribution in [3.05, 3.63) is 71.3 Å². The predicted octanol–water partition coefficient (Wildman–Crippen LogP) is 3.84. The second kappa shape index (κ2) is 7.42. The van der Waals surface area contributed by atoms with Gasteiger partial charge in [-0.05, 0) is 55.0 Å². The van der Waals surface area contributed by atoms with Gasteiger partial charge in [-0.3, -0.25) is 4.90 Å². The third kappa shape index (κ3) is 4.42. The molecule has 120 valence electrons. The molecular weight excluding hydrogens is 286 g/mol. The fourth-order valence-corrected chi connectivity index (χ4v) is 3.42. The molecule has 3 nitrogen and oxygen atoms in total. The van der Waals surface area contributed by atoms with Crippen LogP contribution >= 0.6 is 0 Å². The zero-order valence-electron chi connectivity index (χ0n) is 13.3. The molecule has 1 unspecified atom stereocenters. The zero-order valence-corrected chi connectivity index (χ0v) is 13.3. The Labute approximate surface area is 137 Å². The quantitative estimate of drug-likeness (QED) is 0.912. The number of nitrogens with zero attached hydrogens (tertiary/aromatic N) is 1. The van der Waals surface area contributed by atoms with Gasteiger partial charge in [-0.2, -0.15) is 0 Å². The third-order valence-corrected chi connectivity index (χ3v) is 4.58. The molecule has 23 heavy (non-hydrogen) atoms. The average molecular weight is 309 g/mol. The molecule has 1 saturated heterocycles. The topological polar surface area (TPSA) is 40.5 Å². The Morgan fingerprint density at radius 3 is 2.48 bits per heavy atom. The molecule has 0 saturated carbocycles. The summed E-state index contributed by atoms with van der Waals surface area (Å²) in [5, 5.41) is 8.96. The number of hydrogen-bond donors (Lipinski definition) is 1. The molecule has 2 aromatic carbocycles. The van der Waals surface area contributed by atoms with Gasteiger partial charge in [-0.25, -0.2) is 4.79 Å². The Bertz CT molecular complexity index is 636. The van der Waals surface area contributed by atoms with Crippen LogP contribution in [0.25, 0.3) is 0 Å². The lowest BCUT2D eigenvalue weighted by Gasteiger charge is -2.33. The molecule has 0 bridgehead atoms. The molecular formula is C20H23NO2. The summed E-state index contributed by atoms with van der Waals surface area (Å²) in [6.07, 6.45) is 3.68. The molecule has 3 heteroatoms. The summed E-state index contributed by atoms with van der Waals surface area (Å²) in [4.78, 5) is 13.4. The van der Waals surface area contributed by atoms with Crippen molar-refractivity contribution < 1.29 is 9.90 Å². The van der Waals surface area contributed by atoms with Crippen molar-refractivity contribution in [2.24, 2.45) is 5.92 Å².